The van der Waals surface area contributed by atoms with E-state index in [4.69, 9.17) is 42.6 Å². The summed E-state index contributed by atoms with van der Waals surface area (Å²) in [6.07, 6.45) is 0. The van der Waals surface area contributed by atoms with Crippen molar-refractivity contribution in [2.75, 3.05) is 0 Å². The van der Waals surface area contributed by atoms with E-state index in [1.54, 1.807) is 54.6 Å². The van der Waals surface area contributed by atoms with E-state index in [9.17, 15) is 61.3 Å². The highest BCUT2D eigenvalue weighted by atomic mass is 16.5. The van der Waals surface area contributed by atoms with Gasteiger partial charge in [0.25, 0.3) is 0 Å². The summed E-state index contributed by atoms with van der Waals surface area (Å²) in [5.74, 6) is 2.44. The van der Waals surface area contributed by atoms with Gasteiger partial charge in [0, 0.05) is 60.0 Å². The van der Waals surface area contributed by atoms with E-state index in [0.29, 0.717) is 102 Å². The van der Waals surface area contributed by atoms with Crippen LogP contribution < -0.4 is 42.6 Å². The van der Waals surface area contributed by atoms with Crippen molar-refractivity contribution < 1.29 is 104 Å². The third-order valence-corrected chi connectivity index (χ3v) is 16.5. The van der Waals surface area contributed by atoms with Gasteiger partial charge < -0.3 is 104 Å². The summed E-state index contributed by atoms with van der Waals surface area (Å²) in [6.45, 7) is 2.25. The Morgan fingerprint density at radius 1 is 0.173 bits per heavy atom. The summed E-state index contributed by atoms with van der Waals surface area (Å²) in [5, 5.41) is 122. The summed E-state index contributed by atoms with van der Waals surface area (Å²) in [4.78, 5) is 0. The Hall–Kier alpha value is -13.6. The van der Waals surface area contributed by atoms with Gasteiger partial charge in [-0.1, -0.05) is 36.4 Å². The molecule has 0 unspecified atom stereocenters. The number of phenols is 12. The first kappa shape index (κ1) is 70.3. The van der Waals surface area contributed by atoms with Gasteiger partial charge in [-0.2, -0.15) is 0 Å². The first-order chi connectivity index (χ1) is 50.1. The molecule has 0 radical (unpaired) electrons. The highest BCUT2D eigenvalue weighted by Gasteiger charge is 2.32. The van der Waals surface area contributed by atoms with E-state index in [2.05, 4.69) is 6.92 Å². The molecule has 0 spiro atoms. The Bertz CT molecular complexity index is 4150. The minimum Gasteiger partial charge on any atom is -0.508 e. The van der Waals surface area contributed by atoms with Crippen LogP contribution in [-0.2, 0) is 64.9 Å². The molecule has 0 aliphatic heterocycles. The van der Waals surface area contributed by atoms with Gasteiger partial charge in [0.1, 0.15) is 180 Å². The lowest BCUT2D eigenvalue weighted by atomic mass is 9.71. The minimum atomic E-state index is -0.848. The van der Waals surface area contributed by atoms with Crippen molar-refractivity contribution in [2.45, 2.75) is 71.8 Å². The van der Waals surface area contributed by atoms with Gasteiger partial charge in [0.05, 0.1) is 0 Å². The van der Waals surface area contributed by atoms with Crippen LogP contribution in [0.1, 0.15) is 73.7 Å². The van der Waals surface area contributed by atoms with Gasteiger partial charge in [-0.15, -0.1) is 0 Å². The number of rotatable bonds is 30. The van der Waals surface area contributed by atoms with E-state index in [1.165, 1.54) is 109 Å². The van der Waals surface area contributed by atoms with Crippen molar-refractivity contribution in [3.05, 3.63) is 303 Å². The molecule has 12 rings (SSSR count). The van der Waals surface area contributed by atoms with Gasteiger partial charge in [0.15, 0.2) is 0 Å². The van der Waals surface area contributed by atoms with Gasteiger partial charge in [-0.3, -0.25) is 0 Å². The zero-order chi connectivity index (χ0) is 72.9. The number of phenolic OH excluding ortho intramolecular Hbond substituents is 12. The normalized spacial score (nSPS) is 11.2. The lowest BCUT2D eigenvalue weighted by Crippen LogP contribution is -2.25. The highest BCUT2D eigenvalue weighted by molar-refractivity contribution is 5.54. The molecule has 0 saturated carbocycles. The average molecular weight is 1410 g/mol. The minimum absolute atomic E-state index is 0.00646. The lowest BCUT2D eigenvalue weighted by Gasteiger charge is -2.32. The molecule has 530 valence electrons. The maximum Gasteiger partial charge on any atom is 0.123 e. The van der Waals surface area contributed by atoms with Crippen LogP contribution >= 0.6 is 0 Å². The van der Waals surface area contributed by atoms with Crippen molar-refractivity contribution in [3.8, 4) is 121 Å². The number of hydrogen-bond donors (Lipinski definition) is 12. The maximum atomic E-state index is 10.1. The van der Waals surface area contributed by atoms with Crippen molar-refractivity contribution in [2.24, 2.45) is 0 Å². The molecular weight excluding hydrogens is 1330 g/mol. The standard InChI is InChI=1S/C83H72O21/c1-83(59-2-8-74(9-3-59)96-47-56-26-77(99-41-50-14-62(84)32-63(85)15-50)38-78(27-56)100-42-51-16-64(86)33-65(87)17-51,60-4-10-75(11-5-60)97-48-57-28-79(101-43-52-18-66(88)34-67(89)19-52)39-80(29-57)102-44-53-20-68(90)35-69(91)21-53)61-6-12-76(13-7-61)98-49-58-30-81(103-45-54-22-70(92)36-71(93)23-54)40-82(31-58)104-46-55-24-72(94)37-73(95)25-55/h2-40,84-95H,41-49H2,1H3. The van der Waals surface area contributed by atoms with Crippen LogP contribution in [0.15, 0.2) is 237 Å². The Morgan fingerprint density at radius 2 is 0.308 bits per heavy atom. The van der Waals surface area contributed by atoms with Crippen molar-refractivity contribution in [1.82, 2.24) is 0 Å². The number of hydrogen-bond acceptors (Lipinski definition) is 21. The SMILES string of the molecule is CC(c1ccc(OCc2cc(OCc3cc(O)cc(O)c3)cc(OCc3cc(O)cc(O)c3)c2)cc1)(c1ccc(OCc2cc(OCc3cc(O)cc(O)c3)cc(OCc3cc(O)cc(O)c3)c2)cc1)c1ccc(OCc2cc(OCc3cc(O)cc(O)c3)cc(OCc3cc(O)cc(O)c3)c2)cc1. The molecule has 0 bridgehead atoms. The Kier molecular flexibility index (Phi) is 21.5. The second-order valence-electron chi connectivity index (χ2n) is 24.9. The van der Waals surface area contributed by atoms with Crippen molar-refractivity contribution in [3.63, 3.8) is 0 Å². The largest absolute Gasteiger partial charge is 0.508 e. The molecule has 104 heavy (non-hydrogen) atoms. The van der Waals surface area contributed by atoms with Crippen LogP contribution in [0.3, 0.4) is 0 Å². The fraction of sp³-hybridized carbons (Fsp3) is 0.133. The predicted molar refractivity (Wildman–Crippen MR) is 382 cm³/mol. The van der Waals surface area contributed by atoms with Gasteiger partial charge in [-0.05, 0) is 219 Å². The summed E-state index contributed by atoms with van der Waals surface area (Å²) in [5.41, 5.74) is 6.86. The van der Waals surface area contributed by atoms with Crippen LogP contribution in [0.2, 0.25) is 0 Å². The number of benzene rings is 12. The molecule has 21 nitrogen and oxygen atoms in total. The zero-order valence-corrected chi connectivity index (χ0v) is 55.9. The second kappa shape index (κ2) is 31.7. The molecule has 12 aromatic rings. The number of aromatic hydroxyl groups is 12. The molecule has 21 heteroatoms. The van der Waals surface area contributed by atoms with E-state index < -0.39 is 5.41 Å². The number of ether oxygens (including phenoxy) is 9. The quantitative estimate of drug-likeness (QED) is 0.0186. The molecular formula is C83H72O21. The molecule has 0 amide bonds. The molecule has 0 saturated heterocycles. The third-order valence-electron chi connectivity index (χ3n) is 16.5. The molecule has 12 N–H and O–H groups in total. The fourth-order valence-electron chi connectivity index (χ4n) is 11.7. The molecule has 0 atom stereocenters. The Labute approximate surface area is 597 Å². The molecule has 0 aromatic heterocycles. The first-order valence-electron chi connectivity index (χ1n) is 32.6. The average Bonchev–Trinajstić information content (AvgIpc) is 0.761. The smallest absolute Gasteiger partial charge is 0.123 e. The molecule has 12 aromatic carbocycles. The Morgan fingerprint density at radius 3 is 0.462 bits per heavy atom. The topological polar surface area (TPSA) is 326 Å². The summed E-state index contributed by atoms with van der Waals surface area (Å²) < 4.78 is 56.2. The monoisotopic (exact) mass is 1400 g/mol. The van der Waals surface area contributed by atoms with E-state index >= 15 is 0 Å². The van der Waals surface area contributed by atoms with Crippen LogP contribution in [0, 0.1) is 0 Å². The molecule has 0 fully saturated rings. The fourth-order valence-corrected chi connectivity index (χ4v) is 11.7. The van der Waals surface area contributed by atoms with E-state index in [-0.39, 0.29) is 128 Å². The van der Waals surface area contributed by atoms with Crippen LogP contribution in [0.25, 0.3) is 0 Å². The van der Waals surface area contributed by atoms with Crippen molar-refractivity contribution in [1.29, 1.82) is 0 Å². The van der Waals surface area contributed by atoms with E-state index in [1.807, 2.05) is 72.8 Å². The summed E-state index contributed by atoms with van der Waals surface area (Å²) in [6, 6.07) is 63.8. The van der Waals surface area contributed by atoms with Crippen LogP contribution in [-0.4, -0.2) is 61.3 Å². The summed E-state index contributed by atoms with van der Waals surface area (Å²) >= 11 is 0. The first-order valence-corrected chi connectivity index (χ1v) is 32.6. The molecule has 0 heterocycles. The van der Waals surface area contributed by atoms with Gasteiger partial charge >= 0.3 is 0 Å². The third kappa shape index (κ3) is 19.2. The molecule has 0 aliphatic rings. The predicted octanol–water partition coefficient (Wildman–Crippen LogP) is 15.7. The Balaban J connectivity index is 0.806. The van der Waals surface area contributed by atoms with E-state index in [0.717, 1.165) is 16.7 Å². The molecule has 0 aliphatic carbocycles. The van der Waals surface area contributed by atoms with Crippen LogP contribution in [0.5, 0.6) is 121 Å². The summed E-state index contributed by atoms with van der Waals surface area (Å²) in [7, 11) is 0. The maximum absolute atomic E-state index is 10.1. The van der Waals surface area contributed by atoms with Crippen molar-refractivity contribution >= 4 is 0 Å². The second-order valence-corrected chi connectivity index (χ2v) is 24.9. The van der Waals surface area contributed by atoms with Gasteiger partial charge in [-0.25, -0.2) is 0 Å². The van der Waals surface area contributed by atoms with Crippen LogP contribution in [0.4, 0.5) is 0 Å². The zero-order valence-electron chi connectivity index (χ0n) is 55.9. The highest BCUT2D eigenvalue weighted by Crippen LogP contribution is 2.42. The van der Waals surface area contributed by atoms with Gasteiger partial charge in [0.2, 0.25) is 0 Å². The lowest BCUT2D eigenvalue weighted by molar-refractivity contribution is 0.280.